The van der Waals surface area contributed by atoms with Gasteiger partial charge >= 0.3 is 0 Å². The highest BCUT2D eigenvalue weighted by Gasteiger charge is 2.32. The summed E-state index contributed by atoms with van der Waals surface area (Å²) in [5, 5.41) is 12.8. The van der Waals surface area contributed by atoms with Crippen molar-refractivity contribution in [2.45, 2.75) is 64.6 Å². The second-order valence-corrected chi connectivity index (χ2v) is 8.70. The summed E-state index contributed by atoms with van der Waals surface area (Å²) in [6.45, 7) is 4.47. The third kappa shape index (κ3) is 3.96. The van der Waals surface area contributed by atoms with Gasteiger partial charge in [0.15, 0.2) is 0 Å². The number of amides is 2. The van der Waals surface area contributed by atoms with Crippen LogP contribution in [0.1, 0.15) is 59.7 Å². The van der Waals surface area contributed by atoms with Crippen LogP contribution >= 0.6 is 0 Å². The van der Waals surface area contributed by atoms with E-state index in [0.29, 0.717) is 30.4 Å². The van der Waals surface area contributed by atoms with Crippen molar-refractivity contribution in [1.29, 1.82) is 5.26 Å². The Morgan fingerprint density at radius 2 is 1.87 bits per heavy atom. The Morgan fingerprint density at radius 1 is 1.19 bits per heavy atom. The largest absolute Gasteiger partial charge is 0.368 e. The molecule has 4 rings (SSSR count). The van der Waals surface area contributed by atoms with Crippen LogP contribution in [0.4, 0.5) is 5.82 Å². The average Bonchev–Trinajstić information content (AvgIpc) is 3.34. The van der Waals surface area contributed by atoms with Crippen molar-refractivity contribution in [1.82, 2.24) is 9.47 Å². The number of rotatable bonds is 5. The molecule has 3 N–H and O–H groups in total. The first-order valence-corrected chi connectivity index (χ1v) is 10.9. The zero-order chi connectivity index (χ0) is 22.1. The van der Waals surface area contributed by atoms with Gasteiger partial charge in [0.25, 0.3) is 0 Å². The van der Waals surface area contributed by atoms with E-state index in [2.05, 4.69) is 16.0 Å². The van der Waals surface area contributed by atoms with Crippen LogP contribution in [-0.4, -0.2) is 33.9 Å². The molecule has 7 nitrogen and oxygen atoms in total. The molecule has 2 amide bonds. The lowest BCUT2D eigenvalue weighted by Gasteiger charge is -2.34. The van der Waals surface area contributed by atoms with Crippen molar-refractivity contribution >= 4 is 17.6 Å². The Kier molecular flexibility index (Phi) is 5.84. The summed E-state index contributed by atoms with van der Waals surface area (Å²) >= 11 is 0. The van der Waals surface area contributed by atoms with Gasteiger partial charge in [0, 0.05) is 18.3 Å². The van der Waals surface area contributed by atoms with E-state index in [-0.39, 0.29) is 12.5 Å². The number of nitrogens with two attached hydrogens (primary N) is 1. The minimum atomic E-state index is -0.527. The van der Waals surface area contributed by atoms with E-state index in [0.717, 1.165) is 48.1 Å². The van der Waals surface area contributed by atoms with E-state index in [4.69, 9.17) is 5.73 Å². The fraction of sp³-hybridized carbons (Fsp3) is 0.458. The quantitative estimate of drug-likeness (QED) is 0.777. The lowest BCUT2D eigenvalue weighted by atomic mass is 9.93. The molecule has 2 heterocycles. The fourth-order valence-corrected chi connectivity index (χ4v) is 5.09. The first-order chi connectivity index (χ1) is 14.9. The molecule has 1 saturated carbocycles. The van der Waals surface area contributed by atoms with Gasteiger partial charge in [-0.3, -0.25) is 14.5 Å². The predicted octanol–water partition coefficient (Wildman–Crippen LogP) is 2.94. The number of hydrogen-bond acceptors (Lipinski definition) is 4. The number of carbonyl (C=O) groups excluding carboxylic acids is 2. The summed E-state index contributed by atoms with van der Waals surface area (Å²) in [5.74, 6) is -0.0812. The maximum atomic E-state index is 13.1. The zero-order valence-electron chi connectivity index (χ0n) is 18.1. The van der Waals surface area contributed by atoms with Crippen molar-refractivity contribution in [3.05, 3.63) is 52.2 Å². The highest BCUT2D eigenvalue weighted by molar-refractivity contribution is 5.94. The summed E-state index contributed by atoms with van der Waals surface area (Å²) in [7, 11) is 0. The third-order valence-corrected chi connectivity index (χ3v) is 6.84. The second-order valence-electron chi connectivity index (χ2n) is 8.70. The molecule has 1 atom stereocenters. The van der Waals surface area contributed by atoms with Crippen molar-refractivity contribution in [3.8, 4) is 6.07 Å². The van der Waals surface area contributed by atoms with Gasteiger partial charge < -0.3 is 15.6 Å². The van der Waals surface area contributed by atoms with Gasteiger partial charge in [0.2, 0.25) is 11.8 Å². The fourth-order valence-electron chi connectivity index (χ4n) is 5.09. The molecule has 1 aromatic carbocycles. The third-order valence-electron chi connectivity index (χ3n) is 6.84. The SMILES string of the molecule is Cc1c(C#N)c(NC(=O)CN2Cc3ccccc3C[C@@H]2C(N)=O)n(C2CCCC2)c1C. The van der Waals surface area contributed by atoms with Crippen LogP contribution < -0.4 is 11.1 Å². The van der Waals surface area contributed by atoms with Gasteiger partial charge in [-0.25, -0.2) is 0 Å². The topological polar surface area (TPSA) is 104 Å². The number of anilines is 1. The maximum Gasteiger partial charge on any atom is 0.239 e. The zero-order valence-corrected chi connectivity index (χ0v) is 18.1. The number of fused-ring (bicyclic) bond motifs is 1. The van der Waals surface area contributed by atoms with Gasteiger partial charge in [-0.2, -0.15) is 5.26 Å². The summed E-state index contributed by atoms with van der Waals surface area (Å²) in [6.07, 6.45) is 4.91. The van der Waals surface area contributed by atoms with Gasteiger partial charge in [-0.05, 0) is 49.8 Å². The van der Waals surface area contributed by atoms with Crippen LogP contribution in [-0.2, 0) is 22.6 Å². The Labute approximate surface area is 182 Å². The van der Waals surface area contributed by atoms with E-state index >= 15 is 0 Å². The summed E-state index contributed by atoms with van der Waals surface area (Å²) in [6, 6.07) is 9.98. The van der Waals surface area contributed by atoms with Crippen LogP contribution in [0.3, 0.4) is 0 Å². The number of nitriles is 1. The van der Waals surface area contributed by atoms with Crippen LogP contribution in [0.5, 0.6) is 0 Å². The number of carbonyl (C=O) groups is 2. The van der Waals surface area contributed by atoms with E-state index in [1.165, 1.54) is 0 Å². The Hall–Kier alpha value is -3.11. The van der Waals surface area contributed by atoms with E-state index < -0.39 is 11.9 Å². The standard InChI is InChI=1S/C24H29N5O2/c1-15-16(2)29(19-9-5-6-10-19)24(20(15)12-25)27-22(30)14-28-13-18-8-4-3-7-17(18)11-21(28)23(26)31/h3-4,7-8,19,21H,5-6,9-11,13-14H2,1-2H3,(H2,26,31)(H,27,30)/t21-/m1/s1. The van der Waals surface area contributed by atoms with Crippen molar-refractivity contribution in [2.24, 2.45) is 5.73 Å². The van der Waals surface area contributed by atoms with Crippen molar-refractivity contribution < 1.29 is 9.59 Å². The molecule has 0 bridgehead atoms. The van der Waals surface area contributed by atoms with Gasteiger partial charge in [-0.1, -0.05) is 37.1 Å². The molecule has 1 aliphatic heterocycles. The minimum absolute atomic E-state index is 0.0424. The molecular weight excluding hydrogens is 390 g/mol. The predicted molar refractivity (Wildman–Crippen MR) is 118 cm³/mol. The number of primary amides is 1. The molecule has 7 heteroatoms. The summed E-state index contributed by atoms with van der Waals surface area (Å²) < 4.78 is 2.13. The molecule has 2 aromatic rings. The smallest absolute Gasteiger partial charge is 0.239 e. The van der Waals surface area contributed by atoms with Gasteiger partial charge in [0.05, 0.1) is 18.2 Å². The van der Waals surface area contributed by atoms with Crippen LogP contribution in [0.2, 0.25) is 0 Å². The van der Waals surface area contributed by atoms with E-state index in [9.17, 15) is 14.9 Å². The van der Waals surface area contributed by atoms with Crippen LogP contribution in [0, 0.1) is 25.2 Å². The molecule has 1 aromatic heterocycles. The Bertz CT molecular complexity index is 1060. The minimum Gasteiger partial charge on any atom is -0.368 e. The summed E-state index contributed by atoms with van der Waals surface area (Å²) in [4.78, 5) is 27.0. The average molecular weight is 420 g/mol. The molecule has 0 radical (unpaired) electrons. The molecule has 0 saturated heterocycles. The molecule has 1 aliphatic carbocycles. The maximum absolute atomic E-state index is 13.1. The van der Waals surface area contributed by atoms with Gasteiger partial charge in [-0.15, -0.1) is 0 Å². The number of nitrogens with one attached hydrogen (secondary N) is 1. The molecular formula is C24H29N5O2. The Balaban J connectivity index is 1.58. The van der Waals surface area contributed by atoms with Crippen LogP contribution in [0.15, 0.2) is 24.3 Å². The number of benzene rings is 1. The molecule has 1 fully saturated rings. The molecule has 162 valence electrons. The van der Waals surface area contributed by atoms with E-state index in [1.54, 1.807) is 0 Å². The second kappa shape index (κ2) is 8.56. The molecule has 2 aliphatic rings. The summed E-state index contributed by atoms with van der Waals surface area (Å²) in [5.41, 5.74) is 10.3. The highest BCUT2D eigenvalue weighted by Crippen LogP contribution is 2.37. The van der Waals surface area contributed by atoms with E-state index in [1.807, 2.05) is 43.0 Å². The lowest BCUT2D eigenvalue weighted by Crippen LogP contribution is -2.51. The molecule has 31 heavy (non-hydrogen) atoms. The number of nitrogens with zero attached hydrogens (tertiary/aromatic N) is 3. The molecule has 0 spiro atoms. The highest BCUT2D eigenvalue weighted by atomic mass is 16.2. The lowest BCUT2D eigenvalue weighted by molar-refractivity contribution is -0.125. The first kappa shape index (κ1) is 21.1. The number of aromatic nitrogens is 1. The normalized spacial score (nSPS) is 19.1. The Morgan fingerprint density at radius 3 is 2.52 bits per heavy atom. The van der Waals surface area contributed by atoms with Crippen LogP contribution in [0.25, 0.3) is 0 Å². The van der Waals surface area contributed by atoms with Crippen molar-refractivity contribution in [3.63, 3.8) is 0 Å². The molecule has 0 unspecified atom stereocenters. The monoisotopic (exact) mass is 419 g/mol. The van der Waals surface area contributed by atoms with Crippen molar-refractivity contribution in [2.75, 3.05) is 11.9 Å². The number of hydrogen-bond donors (Lipinski definition) is 2. The first-order valence-electron chi connectivity index (χ1n) is 10.9. The van der Waals surface area contributed by atoms with Gasteiger partial charge in [0.1, 0.15) is 11.9 Å².